The number of hydrogen-bond acceptors (Lipinski definition) is 5. The molecule has 0 saturated carbocycles. The smallest absolute Gasteiger partial charge is 0.339 e. The van der Waals surface area contributed by atoms with Gasteiger partial charge < -0.3 is 14.7 Å². The number of aromatic carboxylic acids is 1. The Kier molecular flexibility index (Phi) is 5.26. The number of nitrogens with zero attached hydrogens (tertiary/aromatic N) is 3. The van der Waals surface area contributed by atoms with Crippen LogP contribution in [-0.2, 0) is 4.74 Å². The van der Waals surface area contributed by atoms with E-state index < -0.39 is 5.97 Å². The highest BCUT2D eigenvalue weighted by Crippen LogP contribution is 2.11. The van der Waals surface area contributed by atoms with Crippen molar-refractivity contribution in [1.82, 2.24) is 9.97 Å². The van der Waals surface area contributed by atoms with Crippen molar-refractivity contribution in [2.45, 2.75) is 6.92 Å². The van der Waals surface area contributed by atoms with Crippen LogP contribution in [-0.4, -0.2) is 47.8 Å². The average Bonchev–Trinajstić information content (AvgIpc) is 2.33. The van der Waals surface area contributed by atoms with Gasteiger partial charge in [-0.15, -0.1) is 6.58 Å². The van der Waals surface area contributed by atoms with Crippen LogP contribution in [0.1, 0.15) is 16.1 Å². The number of aryl methyl sites for hydroxylation is 1. The van der Waals surface area contributed by atoms with Crippen LogP contribution in [0, 0.1) is 6.92 Å². The maximum absolute atomic E-state index is 10.9. The number of carboxylic acids is 1. The van der Waals surface area contributed by atoms with Crippen LogP contribution in [0.2, 0.25) is 0 Å². The molecule has 0 unspecified atom stereocenters. The summed E-state index contributed by atoms with van der Waals surface area (Å²) in [7, 11) is 1.62. The molecule has 0 bridgehead atoms. The molecule has 6 heteroatoms. The Hall–Kier alpha value is -1.95. The standard InChI is InChI=1S/C12H17N3O3/c1-4-5-15(6-7-18-3)12-13-8-10(11(16)17)9(2)14-12/h4,8H,1,5-7H2,2-3H3,(H,16,17). The van der Waals surface area contributed by atoms with Gasteiger partial charge in [0.2, 0.25) is 5.95 Å². The third-order valence-electron chi connectivity index (χ3n) is 2.39. The summed E-state index contributed by atoms with van der Waals surface area (Å²) in [6.45, 7) is 7.06. The Labute approximate surface area is 106 Å². The summed E-state index contributed by atoms with van der Waals surface area (Å²) in [6.07, 6.45) is 3.06. The molecular formula is C12H17N3O3. The van der Waals surface area contributed by atoms with Crippen LogP contribution < -0.4 is 4.90 Å². The summed E-state index contributed by atoms with van der Waals surface area (Å²) in [5, 5.41) is 8.91. The van der Waals surface area contributed by atoms with E-state index in [1.54, 1.807) is 20.1 Å². The number of rotatable bonds is 7. The second kappa shape index (κ2) is 6.70. The van der Waals surface area contributed by atoms with Gasteiger partial charge in [-0.3, -0.25) is 0 Å². The third-order valence-corrected chi connectivity index (χ3v) is 2.39. The van der Waals surface area contributed by atoms with Crippen LogP contribution in [0.5, 0.6) is 0 Å². The second-order valence-electron chi connectivity index (χ2n) is 3.70. The van der Waals surface area contributed by atoms with E-state index in [0.29, 0.717) is 31.3 Å². The zero-order valence-electron chi connectivity index (χ0n) is 10.6. The SMILES string of the molecule is C=CCN(CCOC)c1ncc(C(=O)O)c(C)n1. The average molecular weight is 251 g/mol. The van der Waals surface area contributed by atoms with Crippen molar-refractivity contribution in [3.63, 3.8) is 0 Å². The molecule has 0 fully saturated rings. The molecule has 1 aromatic heterocycles. The molecule has 1 aromatic rings. The fraction of sp³-hybridized carbons (Fsp3) is 0.417. The summed E-state index contributed by atoms with van der Waals surface area (Å²) in [6, 6.07) is 0. The fourth-order valence-electron chi connectivity index (χ4n) is 1.45. The highest BCUT2D eigenvalue weighted by molar-refractivity contribution is 5.88. The molecule has 0 spiro atoms. The number of methoxy groups -OCH3 is 1. The molecule has 6 nitrogen and oxygen atoms in total. The highest BCUT2D eigenvalue weighted by atomic mass is 16.5. The lowest BCUT2D eigenvalue weighted by Crippen LogP contribution is -2.29. The monoisotopic (exact) mass is 251 g/mol. The number of ether oxygens (including phenoxy) is 1. The van der Waals surface area contributed by atoms with Gasteiger partial charge in [-0.05, 0) is 6.92 Å². The predicted octanol–water partition coefficient (Wildman–Crippen LogP) is 1.12. The van der Waals surface area contributed by atoms with Gasteiger partial charge in [0.1, 0.15) is 0 Å². The van der Waals surface area contributed by atoms with Crippen molar-refractivity contribution in [3.8, 4) is 0 Å². The topological polar surface area (TPSA) is 75.5 Å². The molecule has 1 rings (SSSR count). The first-order valence-electron chi connectivity index (χ1n) is 5.51. The Balaban J connectivity index is 2.94. The van der Waals surface area contributed by atoms with E-state index in [1.807, 2.05) is 4.90 Å². The number of carbonyl (C=O) groups is 1. The number of anilines is 1. The van der Waals surface area contributed by atoms with Gasteiger partial charge in [-0.1, -0.05) is 6.08 Å². The van der Waals surface area contributed by atoms with Crippen LogP contribution in [0.3, 0.4) is 0 Å². The van der Waals surface area contributed by atoms with Gasteiger partial charge >= 0.3 is 5.97 Å². The van der Waals surface area contributed by atoms with Gasteiger partial charge in [-0.25, -0.2) is 14.8 Å². The Morgan fingerprint density at radius 1 is 1.67 bits per heavy atom. The van der Waals surface area contributed by atoms with Gasteiger partial charge in [0.25, 0.3) is 0 Å². The summed E-state index contributed by atoms with van der Waals surface area (Å²) in [4.78, 5) is 21.0. The summed E-state index contributed by atoms with van der Waals surface area (Å²) < 4.78 is 5.01. The molecule has 1 N–H and O–H groups in total. The van der Waals surface area contributed by atoms with E-state index in [-0.39, 0.29) is 5.56 Å². The highest BCUT2D eigenvalue weighted by Gasteiger charge is 2.13. The molecule has 0 aromatic carbocycles. The summed E-state index contributed by atoms with van der Waals surface area (Å²) >= 11 is 0. The minimum absolute atomic E-state index is 0.115. The lowest BCUT2D eigenvalue weighted by Gasteiger charge is -2.20. The largest absolute Gasteiger partial charge is 0.478 e. The first kappa shape index (κ1) is 14.1. The first-order chi connectivity index (χ1) is 8.60. The van der Waals surface area contributed by atoms with Gasteiger partial charge in [0.05, 0.1) is 17.9 Å². The van der Waals surface area contributed by atoms with Crippen LogP contribution in [0.25, 0.3) is 0 Å². The Morgan fingerprint density at radius 2 is 2.39 bits per heavy atom. The van der Waals surface area contributed by atoms with Crippen molar-refractivity contribution in [1.29, 1.82) is 0 Å². The minimum Gasteiger partial charge on any atom is -0.478 e. The molecule has 0 radical (unpaired) electrons. The van der Waals surface area contributed by atoms with E-state index in [2.05, 4.69) is 16.5 Å². The maximum atomic E-state index is 10.9. The van der Waals surface area contributed by atoms with Crippen LogP contribution >= 0.6 is 0 Å². The number of carboxylic acid groups (broad SMARTS) is 1. The molecule has 0 aliphatic carbocycles. The molecular weight excluding hydrogens is 234 g/mol. The van der Waals surface area contributed by atoms with E-state index >= 15 is 0 Å². The molecule has 0 saturated heterocycles. The molecule has 18 heavy (non-hydrogen) atoms. The maximum Gasteiger partial charge on any atom is 0.339 e. The van der Waals surface area contributed by atoms with Crippen molar-refractivity contribution >= 4 is 11.9 Å². The summed E-state index contributed by atoms with van der Waals surface area (Å²) in [5.74, 6) is -0.541. The van der Waals surface area contributed by atoms with Crippen molar-refractivity contribution < 1.29 is 14.6 Å². The van der Waals surface area contributed by atoms with Crippen LogP contribution in [0.4, 0.5) is 5.95 Å². The Morgan fingerprint density at radius 3 is 2.89 bits per heavy atom. The van der Waals surface area contributed by atoms with E-state index in [9.17, 15) is 4.79 Å². The molecule has 0 aliphatic heterocycles. The zero-order chi connectivity index (χ0) is 13.5. The minimum atomic E-state index is -1.02. The molecule has 98 valence electrons. The first-order valence-corrected chi connectivity index (χ1v) is 5.51. The predicted molar refractivity (Wildman–Crippen MR) is 68.0 cm³/mol. The van der Waals surface area contributed by atoms with E-state index in [0.717, 1.165) is 0 Å². The quantitative estimate of drug-likeness (QED) is 0.732. The van der Waals surface area contributed by atoms with Gasteiger partial charge in [-0.2, -0.15) is 0 Å². The normalized spacial score (nSPS) is 10.1. The number of aromatic nitrogens is 2. The van der Waals surface area contributed by atoms with Gasteiger partial charge in [0.15, 0.2) is 0 Å². The lowest BCUT2D eigenvalue weighted by atomic mass is 10.2. The number of hydrogen-bond donors (Lipinski definition) is 1. The second-order valence-corrected chi connectivity index (χ2v) is 3.70. The zero-order valence-corrected chi connectivity index (χ0v) is 10.6. The van der Waals surface area contributed by atoms with Crippen molar-refractivity contribution in [3.05, 3.63) is 30.1 Å². The van der Waals surface area contributed by atoms with Gasteiger partial charge in [0, 0.05) is 26.4 Å². The fourth-order valence-corrected chi connectivity index (χ4v) is 1.45. The molecule has 1 heterocycles. The molecule has 0 atom stereocenters. The van der Waals surface area contributed by atoms with Crippen molar-refractivity contribution in [2.24, 2.45) is 0 Å². The Bertz CT molecular complexity index is 435. The molecule has 0 aliphatic rings. The third kappa shape index (κ3) is 3.53. The van der Waals surface area contributed by atoms with Crippen LogP contribution in [0.15, 0.2) is 18.9 Å². The summed E-state index contributed by atoms with van der Waals surface area (Å²) in [5.41, 5.74) is 0.558. The van der Waals surface area contributed by atoms with E-state index in [4.69, 9.17) is 9.84 Å². The van der Waals surface area contributed by atoms with E-state index in [1.165, 1.54) is 6.20 Å². The molecule has 0 amide bonds. The lowest BCUT2D eigenvalue weighted by molar-refractivity contribution is 0.0695. The van der Waals surface area contributed by atoms with Crippen molar-refractivity contribution in [2.75, 3.05) is 31.7 Å².